The Bertz CT molecular complexity index is 626. The van der Waals surface area contributed by atoms with Crippen molar-refractivity contribution in [2.45, 2.75) is 39.2 Å². The average molecular weight is 288 g/mol. The van der Waals surface area contributed by atoms with E-state index in [9.17, 15) is 0 Å². The Morgan fingerprint density at radius 3 is 2.95 bits per heavy atom. The number of aromatic nitrogens is 3. The Balaban J connectivity index is 1.87. The van der Waals surface area contributed by atoms with Gasteiger partial charge in [-0.25, -0.2) is 9.97 Å². The molecular weight excluding hydrogens is 268 g/mol. The van der Waals surface area contributed by atoms with E-state index in [1.54, 1.807) is 6.07 Å². The zero-order valence-corrected chi connectivity index (χ0v) is 12.3. The lowest BCUT2D eigenvalue weighted by Crippen LogP contribution is -2.38. The summed E-state index contributed by atoms with van der Waals surface area (Å²) in [6.45, 7) is 5.02. The first-order valence-corrected chi connectivity index (χ1v) is 7.22. The van der Waals surface area contributed by atoms with Gasteiger partial charge in [0, 0.05) is 18.7 Å². The highest BCUT2D eigenvalue weighted by atomic mass is 16.5. The molecule has 2 aromatic rings. The third-order valence-electron chi connectivity index (χ3n) is 3.81. The van der Waals surface area contributed by atoms with Crippen molar-refractivity contribution in [1.29, 1.82) is 0 Å². The van der Waals surface area contributed by atoms with Crippen LogP contribution in [0.1, 0.15) is 31.9 Å². The summed E-state index contributed by atoms with van der Waals surface area (Å²) in [5.41, 5.74) is 6.79. The summed E-state index contributed by atoms with van der Waals surface area (Å²) >= 11 is 0. The van der Waals surface area contributed by atoms with Gasteiger partial charge >= 0.3 is 0 Å². The second kappa shape index (κ2) is 5.59. The summed E-state index contributed by atoms with van der Waals surface area (Å²) in [7, 11) is 0. The first kappa shape index (κ1) is 13.7. The van der Waals surface area contributed by atoms with Gasteiger partial charge < -0.3 is 20.5 Å². The van der Waals surface area contributed by atoms with Crippen LogP contribution in [0, 0.1) is 6.92 Å². The molecule has 3 heterocycles. The van der Waals surface area contributed by atoms with Crippen molar-refractivity contribution < 1.29 is 4.52 Å². The topological polar surface area (TPSA) is 93.1 Å². The predicted octanol–water partition coefficient (Wildman–Crippen LogP) is 2.48. The molecule has 1 aliphatic heterocycles. The summed E-state index contributed by atoms with van der Waals surface area (Å²) in [4.78, 5) is 10.8. The van der Waals surface area contributed by atoms with E-state index in [1.165, 1.54) is 19.2 Å². The number of nitrogens with zero attached hydrogens (tertiary/aromatic N) is 4. The molecule has 1 aliphatic rings. The summed E-state index contributed by atoms with van der Waals surface area (Å²) in [5, 5.41) is 6.97. The van der Waals surface area contributed by atoms with Crippen molar-refractivity contribution in [2.24, 2.45) is 0 Å². The Morgan fingerprint density at radius 1 is 1.38 bits per heavy atom. The predicted molar refractivity (Wildman–Crippen MR) is 81.6 cm³/mol. The Kier molecular flexibility index (Phi) is 3.64. The van der Waals surface area contributed by atoms with Crippen LogP contribution in [0.5, 0.6) is 0 Å². The molecule has 21 heavy (non-hydrogen) atoms. The van der Waals surface area contributed by atoms with Crippen LogP contribution in [-0.2, 0) is 0 Å². The highest BCUT2D eigenvalue weighted by Crippen LogP contribution is 2.32. The first-order chi connectivity index (χ1) is 10.1. The van der Waals surface area contributed by atoms with Crippen molar-refractivity contribution in [3.05, 3.63) is 18.2 Å². The summed E-state index contributed by atoms with van der Waals surface area (Å²) in [5.74, 6) is 2.68. The maximum absolute atomic E-state index is 6.24. The van der Waals surface area contributed by atoms with E-state index in [-0.39, 0.29) is 0 Å². The van der Waals surface area contributed by atoms with E-state index in [1.807, 2.05) is 6.92 Å². The van der Waals surface area contributed by atoms with Crippen LogP contribution < -0.4 is 16.0 Å². The highest BCUT2D eigenvalue weighted by Gasteiger charge is 2.23. The zero-order valence-electron chi connectivity index (χ0n) is 12.3. The first-order valence-electron chi connectivity index (χ1n) is 7.22. The number of hydrogen-bond donors (Lipinski definition) is 2. The summed E-state index contributed by atoms with van der Waals surface area (Å²) in [6.07, 6.45) is 5.11. The number of anilines is 4. The van der Waals surface area contributed by atoms with Crippen molar-refractivity contribution >= 4 is 23.1 Å². The minimum atomic E-state index is 0.443. The maximum Gasteiger partial charge on any atom is 0.175 e. The highest BCUT2D eigenvalue weighted by molar-refractivity contribution is 5.77. The van der Waals surface area contributed by atoms with E-state index in [2.05, 4.69) is 32.3 Å². The van der Waals surface area contributed by atoms with Crippen LogP contribution in [0.25, 0.3) is 0 Å². The van der Waals surface area contributed by atoms with Crippen molar-refractivity contribution in [3.8, 4) is 0 Å². The molecule has 3 rings (SSSR count). The minimum Gasteiger partial charge on any atom is -0.393 e. The van der Waals surface area contributed by atoms with Crippen LogP contribution in [0.4, 0.5) is 23.1 Å². The van der Waals surface area contributed by atoms with Crippen LogP contribution in [0.15, 0.2) is 16.9 Å². The van der Waals surface area contributed by atoms with Crippen LogP contribution in [0.2, 0.25) is 0 Å². The van der Waals surface area contributed by atoms with E-state index < -0.39 is 0 Å². The molecule has 1 saturated heterocycles. The Morgan fingerprint density at radius 2 is 2.24 bits per heavy atom. The Hall–Kier alpha value is -2.31. The summed E-state index contributed by atoms with van der Waals surface area (Å²) in [6, 6.07) is 2.24. The van der Waals surface area contributed by atoms with E-state index in [0.29, 0.717) is 23.4 Å². The number of rotatable bonds is 3. The zero-order chi connectivity index (χ0) is 14.8. The molecule has 1 atom stereocenters. The third-order valence-corrected chi connectivity index (χ3v) is 3.81. The molecule has 0 aromatic carbocycles. The largest absolute Gasteiger partial charge is 0.393 e. The number of piperidine rings is 1. The standard InChI is InChI=1S/C14H20N6O/c1-9-5-3-4-6-20(9)14-12(15)13(16-8-17-14)18-11-7-10(2)21-19-11/h7-9H,3-6,15H2,1-2H3,(H,16,17,18,19). The monoisotopic (exact) mass is 288 g/mol. The fourth-order valence-corrected chi connectivity index (χ4v) is 2.67. The molecule has 7 nitrogen and oxygen atoms in total. The van der Waals surface area contributed by atoms with Gasteiger partial charge in [-0.2, -0.15) is 0 Å². The second-order valence-electron chi connectivity index (χ2n) is 5.45. The van der Waals surface area contributed by atoms with Gasteiger partial charge in [-0.1, -0.05) is 5.16 Å². The molecule has 112 valence electrons. The van der Waals surface area contributed by atoms with Gasteiger partial charge in [0.1, 0.15) is 17.8 Å². The maximum atomic E-state index is 6.24. The molecular formula is C14H20N6O. The minimum absolute atomic E-state index is 0.443. The SMILES string of the molecule is Cc1cc(Nc2ncnc(N3CCCCC3C)c2N)no1. The molecule has 3 N–H and O–H groups in total. The Labute approximate surface area is 123 Å². The molecule has 0 amide bonds. The van der Waals surface area contributed by atoms with E-state index in [0.717, 1.165) is 24.5 Å². The molecule has 1 unspecified atom stereocenters. The fourth-order valence-electron chi connectivity index (χ4n) is 2.67. The smallest absolute Gasteiger partial charge is 0.175 e. The average Bonchev–Trinajstić information content (AvgIpc) is 2.88. The number of nitrogen functional groups attached to an aromatic ring is 1. The van der Waals surface area contributed by atoms with Crippen molar-refractivity contribution in [3.63, 3.8) is 0 Å². The van der Waals surface area contributed by atoms with Gasteiger partial charge in [0.15, 0.2) is 17.5 Å². The van der Waals surface area contributed by atoms with Crippen molar-refractivity contribution in [1.82, 2.24) is 15.1 Å². The number of nitrogens with two attached hydrogens (primary N) is 1. The van der Waals surface area contributed by atoms with Gasteiger partial charge in [-0.05, 0) is 33.1 Å². The van der Waals surface area contributed by atoms with Gasteiger partial charge in [-0.3, -0.25) is 0 Å². The van der Waals surface area contributed by atoms with Gasteiger partial charge in [-0.15, -0.1) is 0 Å². The lowest BCUT2D eigenvalue weighted by molar-refractivity contribution is 0.400. The van der Waals surface area contributed by atoms with Gasteiger partial charge in [0.05, 0.1) is 0 Å². The van der Waals surface area contributed by atoms with Gasteiger partial charge in [0.2, 0.25) is 0 Å². The third kappa shape index (κ3) is 2.76. The normalized spacial score (nSPS) is 18.8. The molecule has 0 bridgehead atoms. The quantitative estimate of drug-likeness (QED) is 0.896. The molecule has 2 aromatic heterocycles. The molecule has 0 radical (unpaired) electrons. The molecule has 7 heteroatoms. The van der Waals surface area contributed by atoms with Gasteiger partial charge in [0.25, 0.3) is 0 Å². The summed E-state index contributed by atoms with van der Waals surface area (Å²) < 4.78 is 5.03. The van der Waals surface area contributed by atoms with E-state index in [4.69, 9.17) is 10.3 Å². The molecule has 0 saturated carbocycles. The number of nitrogens with one attached hydrogen (secondary N) is 1. The lowest BCUT2D eigenvalue weighted by Gasteiger charge is -2.35. The fraction of sp³-hybridized carbons (Fsp3) is 0.500. The molecule has 0 aliphatic carbocycles. The van der Waals surface area contributed by atoms with Crippen LogP contribution >= 0.6 is 0 Å². The lowest BCUT2D eigenvalue weighted by atomic mass is 10.0. The second-order valence-corrected chi connectivity index (χ2v) is 5.45. The molecule has 0 spiro atoms. The van der Waals surface area contributed by atoms with Crippen molar-refractivity contribution in [2.75, 3.05) is 22.5 Å². The number of hydrogen-bond acceptors (Lipinski definition) is 7. The van der Waals surface area contributed by atoms with Crippen LogP contribution in [0.3, 0.4) is 0 Å². The molecule has 1 fully saturated rings. The number of aryl methyl sites for hydroxylation is 1. The van der Waals surface area contributed by atoms with E-state index >= 15 is 0 Å². The van der Waals surface area contributed by atoms with Crippen LogP contribution in [-0.4, -0.2) is 27.7 Å².